The zero-order valence-corrected chi connectivity index (χ0v) is 11.3. The van der Waals surface area contributed by atoms with Crippen molar-refractivity contribution < 1.29 is 0 Å². The third-order valence-corrected chi connectivity index (χ3v) is 4.31. The minimum Gasteiger partial charge on any atom is -0.306 e. The molecule has 1 aliphatic heterocycles. The summed E-state index contributed by atoms with van der Waals surface area (Å²) in [5.74, 6) is 0. The Balaban J connectivity index is 1.57. The fourth-order valence-electron chi connectivity index (χ4n) is 3.17. The summed E-state index contributed by atoms with van der Waals surface area (Å²) in [7, 11) is 0. The van der Waals surface area contributed by atoms with E-state index in [1.807, 2.05) is 18.5 Å². The van der Waals surface area contributed by atoms with Crippen LogP contribution in [0.2, 0.25) is 0 Å². The van der Waals surface area contributed by atoms with E-state index >= 15 is 0 Å². The van der Waals surface area contributed by atoms with Gasteiger partial charge in [0.2, 0.25) is 0 Å². The minimum atomic E-state index is 0.398. The standard InChI is InChI=1S/C15H23N3/c1-11-8-14(10-18(11)15-5-6-15)17-12(2)13-4-3-7-16-9-13/h3-4,7,9,11-12,14-15,17H,5-6,8,10H2,1-2H3/t11?,12-,14?/m1/s1. The molecule has 1 aromatic heterocycles. The normalized spacial score (nSPS) is 30.6. The molecule has 2 unspecified atom stereocenters. The lowest BCUT2D eigenvalue weighted by Crippen LogP contribution is -2.35. The van der Waals surface area contributed by atoms with Crippen molar-refractivity contribution >= 4 is 0 Å². The number of aromatic nitrogens is 1. The van der Waals surface area contributed by atoms with E-state index < -0.39 is 0 Å². The Morgan fingerprint density at radius 3 is 2.94 bits per heavy atom. The van der Waals surface area contributed by atoms with Gasteiger partial charge in [-0.2, -0.15) is 0 Å². The predicted molar refractivity (Wildman–Crippen MR) is 73.4 cm³/mol. The second-order valence-corrected chi connectivity index (χ2v) is 5.88. The summed E-state index contributed by atoms with van der Waals surface area (Å²) in [6, 6.07) is 6.84. The van der Waals surface area contributed by atoms with Gasteiger partial charge in [-0.3, -0.25) is 9.88 Å². The summed E-state index contributed by atoms with van der Waals surface area (Å²) in [5, 5.41) is 3.76. The van der Waals surface area contributed by atoms with Crippen molar-refractivity contribution in [2.45, 2.75) is 57.3 Å². The lowest BCUT2D eigenvalue weighted by atomic mass is 10.1. The summed E-state index contributed by atoms with van der Waals surface area (Å²) < 4.78 is 0. The van der Waals surface area contributed by atoms with Crippen LogP contribution in [0.1, 0.15) is 44.7 Å². The topological polar surface area (TPSA) is 28.2 Å². The highest BCUT2D eigenvalue weighted by Gasteiger charge is 2.38. The monoisotopic (exact) mass is 245 g/mol. The number of nitrogens with one attached hydrogen (secondary N) is 1. The fourth-order valence-corrected chi connectivity index (χ4v) is 3.17. The van der Waals surface area contributed by atoms with Crippen molar-refractivity contribution in [3.05, 3.63) is 30.1 Å². The van der Waals surface area contributed by atoms with Crippen LogP contribution < -0.4 is 5.32 Å². The van der Waals surface area contributed by atoms with Gasteiger partial charge in [0.25, 0.3) is 0 Å². The molecule has 0 aromatic carbocycles. The van der Waals surface area contributed by atoms with Gasteiger partial charge in [-0.25, -0.2) is 0 Å². The van der Waals surface area contributed by atoms with E-state index in [-0.39, 0.29) is 0 Å². The Morgan fingerprint density at radius 2 is 2.28 bits per heavy atom. The SMILES string of the molecule is CC1CC(N[C@H](C)c2cccnc2)CN1C1CC1. The van der Waals surface area contributed by atoms with Gasteiger partial charge in [0.1, 0.15) is 0 Å². The van der Waals surface area contributed by atoms with Gasteiger partial charge in [0.15, 0.2) is 0 Å². The van der Waals surface area contributed by atoms with Gasteiger partial charge >= 0.3 is 0 Å². The lowest BCUT2D eigenvalue weighted by molar-refractivity contribution is 0.254. The first-order valence-corrected chi connectivity index (χ1v) is 7.16. The van der Waals surface area contributed by atoms with Crippen LogP contribution in [-0.4, -0.2) is 34.6 Å². The second-order valence-electron chi connectivity index (χ2n) is 5.88. The van der Waals surface area contributed by atoms with Crippen molar-refractivity contribution in [3.8, 4) is 0 Å². The molecule has 2 heterocycles. The van der Waals surface area contributed by atoms with E-state index in [0.29, 0.717) is 12.1 Å². The van der Waals surface area contributed by atoms with E-state index in [1.165, 1.54) is 31.4 Å². The molecule has 1 saturated heterocycles. The molecule has 1 aliphatic carbocycles. The number of nitrogens with zero attached hydrogens (tertiary/aromatic N) is 2. The summed E-state index contributed by atoms with van der Waals surface area (Å²) in [4.78, 5) is 6.89. The van der Waals surface area contributed by atoms with Crippen LogP contribution in [0.5, 0.6) is 0 Å². The van der Waals surface area contributed by atoms with Crippen LogP contribution in [0.25, 0.3) is 0 Å². The van der Waals surface area contributed by atoms with Crippen molar-refractivity contribution in [3.63, 3.8) is 0 Å². The molecule has 0 radical (unpaired) electrons. The highest BCUT2D eigenvalue weighted by Crippen LogP contribution is 2.33. The second kappa shape index (κ2) is 4.98. The van der Waals surface area contributed by atoms with E-state index in [2.05, 4.69) is 35.1 Å². The molecule has 1 N–H and O–H groups in total. The number of likely N-dealkylation sites (tertiary alicyclic amines) is 1. The Kier molecular flexibility index (Phi) is 3.35. The molecule has 2 aliphatic rings. The first-order valence-electron chi connectivity index (χ1n) is 7.16. The van der Waals surface area contributed by atoms with Crippen LogP contribution in [-0.2, 0) is 0 Å². The van der Waals surface area contributed by atoms with Gasteiger partial charge in [0.05, 0.1) is 0 Å². The molecule has 2 fully saturated rings. The summed E-state index contributed by atoms with van der Waals surface area (Å²) >= 11 is 0. The van der Waals surface area contributed by atoms with Gasteiger partial charge in [-0.05, 0) is 44.7 Å². The number of hydrogen-bond acceptors (Lipinski definition) is 3. The smallest absolute Gasteiger partial charge is 0.0315 e. The largest absolute Gasteiger partial charge is 0.306 e. The van der Waals surface area contributed by atoms with Crippen molar-refractivity contribution in [1.29, 1.82) is 0 Å². The van der Waals surface area contributed by atoms with E-state index in [0.717, 1.165) is 12.1 Å². The van der Waals surface area contributed by atoms with Crippen molar-refractivity contribution in [2.24, 2.45) is 0 Å². The van der Waals surface area contributed by atoms with Crippen LogP contribution in [0.4, 0.5) is 0 Å². The Morgan fingerprint density at radius 1 is 1.44 bits per heavy atom. The zero-order chi connectivity index (χ0) is 12.5. The van der Waals surface area contributed by atoms with Gasteiger partial charge < -0.3 is 5.32 Å². The van der Waals surface area contributed by atoms with Crippen LogP contribution in [0, 0.1) is 0 Å². The van der Waals surface area contributed by atoms with Crippen LogP contribution in [0.15, 0.2) is 24.5 Å². The maximum absolute atomic E-state index is 4.20. The summed E-state index contributed by atoms with van der Waals surface area (Å²) in [5.41, 5.74) is 1.29. The molecule has 0 spiro atoms. The Bertz CT molecular complexity index is 388. The molecule has 3 heteroatoms. The molecule has 3 atom stereocenters. The average molecular weight is 245 g/mol. The average Bonchev–Trinajstić information content (AvgIpc) is 3.15. The first-order chi connectivity index (χ1) is 8.74. The minimum absolute atomic E-state index is 0.398. The predicted octanol–water partition coefficient (Wildman–Crippen LogP) is 2.36. The molecule has 18 heavy (non-hydrogen) atoms. The molecule has 0 amide bonds. The summed E-state index contributed by atoms with van der Waals surface area (Å²) in [6.45, 7) is 5.83. The molecule has 3 rings (SSSR count). The first kappa shape index (κ1) is 12.1. The third-order valence-electron chi connectivity index (χ3n) is 4.31. The van der Waals surface area contributed by atoms with Crippen molar-refractivity contribution in [2.75, 3.05) is 6.54 Å². The molecule has 1 aromatic rings. The van der Waals surface area contributed by atoms with Crippen LogP contribution >= 0.6 is 0 Å². The molecule has 0 bridgehead atoms. The Labute approximate surface area is 110 Å². The highest BCUT2D eigenvalue weighted by atomic mass is 15.3. The summed E-state index contributed by atoms with van der Waals surface area (Å²) in [6.07, 6.45) is 7.91. The van der Waals surface area contributed by atoms with Gasteiger partial charge in [0, 0.05) is 43.1 Å². The Hall–Kier alpha value is -0.930. The molecular formula is C15H23N3. The zero-order valence-electron chi connectivity index (χ0n) is 11.3. The van der Waals surface area contributed by atoms with Crippen molar-refractivity contribution in [1.82, 2.24) is 15.2 Å². The third kappa shape index (κ3) is 2.57. The highest BCUT2D eigenvalue weighted by molar-refractivity contribution is 5.13. The molecular weight excluding hydrogens is 222 g/mol. The molecule has 3 nitrogen and oxygen atoms in total. The van der Waals surface area contributed by atoms with Gasteiger partial charge in [-0.1, -0.05) is 6.07 Å². The number of pyridine rings is 1. The fraction of sp³-hybridized carbons (Fsp3) is 0.667. The van der Waals surface area contributed by atoms with Crippen LogP contribution in [0.3, 0.4) is 0 Å². The quantitative estimate of drug-likeness (QED) is 0.882. The van der Waals surface area contributed by atoms with E-state index in [4.69, 9.17) is 0 Å². The maximum atomic E-state index is 4.20. The maximum Gasteiger partial charge on any atom is 0.0315 e. The van der Waals surface area contributed by atoms with Gasteiger partial charge in [-0.15, -0.1) is 0 Å². The van der Waals surface area contributed by atoms with E-state index in [9.17, 15) is 0 Å². The molecule has 1 saturated carbocycles. The number of rotatable bonds is 4. The van der Waals surface area contributed by atoms with E-state index in [1.54, 1.807) is 0 Å². The number of hydrogen-bond donors (Lipinski definition) is 1. The lowest BCUT2D eigenvalue weighted by Gasteiger charge is -2.21. The molecule has 98 valence electrons.